The summed E-state index contributed by atoms with van der Waals surface area (Å²) in [6.07, 6.45) is 3.26. The van der Waals surface area contributed by atoms with Crippen LogP contribution in [0, 0.1) is 5.92 Å². The average Bonchev–Trinajstić information content (AvgIpc) is 3.22. The van der Waals surface area contributed by atoms with Crippen LogP contribution in [-0.2, 0) is 21.2 Å². The molecule has 1 aliphatic carbocycles. The Morgan fingerprint density at radius 3 is 2.43 bits per heavy atom. The van der Waals surface area contributed by atoms with Crippen LogP contribution < -0.4 is 16.2 Å². The number of carbonyl (C=O) groups excluding carboxylic acids is 1. The van der Waals surface area contributed by atoms with Gasteiger partial charge in [0.05, 0.1) is 4.90 Å². The van der Waals surface area contributed by atoms with Gasteiger partial charge < -0.3 is 11.1 Å². The quantitative estimate of drug-likeness (QED) is 0.663. The fourth-order valence-corrected chi connectivity index (χ4v) is 2.68. The Kier molecular flexibility index (Phi) is 4.97. The monoisotopic (exact) mass is 311 g/mol. The number of rotatable bonds is 7. The molecule has 0 spiro atoms. The molecule has 1 saturated carbocycles. The van der Waals surface area contributed by atoms with Crippen LogP contribution in [0.15, 0.2) is 29.2 Å². The number of amides is 1. The second-order valence-corrected chi connectivity index (χ2v) is 7.06. The van der Waals surface area contributed by atoms with Crippen molar-refractivity contribution in [3.05, 3.63) is 29.8 Å². The lowest BCUT2D eigenvalue weighted by Crippen LogP contribution is -2.33. The minimum absolute atomic E-state index is 0.0287. The number of benzene rings is 1. The van der Waals surface area contributed by atoms with E-state index in [1.165, 1.54) is 12.1 Å². The molecule has 1 fully saturated rings. The van der Waals surface area contributed by atoms with E-state index in [0.717, 1.165) is 18.4 Å². The third-order valence-corrected chi connectivity index (χ3v) is 4.57. The fraction of sp³-hybridized carbons (Fsp3) is 0.500. The van der Waals surface area contributed by atoms with Gasteiger partial charge in [-0.25, -0.2) is 13.6 Å². The van der Waals surface area contributed by atoms with E-state index >= 15 is 0 Å². The second-order valence-electron chi connectivity index (χ2n) is 5.49. The first-order valence-electron chi connectivity index (χ1n) is 7.00. The molecule has 0 bridgehead atoms. The predicted molar refractivity (Wildman–Crippen MR) is 79.8 cm³/mol. The summed E-state index contributed by atoms with van der Waals surface area (Å²) in [5, 5.41) is 7.85. The molecule has 6 nitrogen and oxygen atoms in total. The van der Waals surface area contributed by atoms with Crippen LogP contribution in [0.25, 0.3) is 0 Å². The van der Waals surface area contributed by atoms with Crippen LogP contribution in [0.5, 0.6) is 0 Å². The molecule has 1 aliphatic rings. The van der Waals surface area contributed by atoms with Crippen LogP contribution in [0.2, 0.25) is 0 Å². The largest absolute Gasteiger partial charge is 0.356 e. The lowest BCUT2D eigenvalue weighted by atomic mass is 10.1. The van der Waals surface area contributed by atoms with Gasteiger partial charge >= 0.3 is 0 Å². The SMILES string of the molecule is NC(CC(=O)NCCc1ccc(S(N)(=O)=O)cc1)C1CC1. The summed E-state index contributed by atoms with van der Waals surface area (Å²) in [5.41, 5.74) is 6.83. The first-order valence-corrected chi connectivity index (χ1v) is 8.55. The molecule has 21 heavy (non-hydrogen) atoms. The first-order chi connectivity index (χ1) is 9.86. The lowest BCUT2D eigenvalue weighted by molar-refractivity contribution is -0.121. The Bertz CT molecular complexity index is 594. The van der Waals surface area contributed by atoms with Gasteiger partial charge in [-0.2, -0.15) is 0 Å². The summed E-state index contributed by atoms with van der Waals surface area (Å²) in [6, 6.07) is 6.30. The number of hydrogen-bond acceptors (Lipinski definition) is 4. The van der Waals surface area contributed by atoms with E-state index in [0.29, 0.717) is 25.3 Å². The standard InChI is InChI=1S/C14H21N3O3S/c15-13(11-3-4-11)9-14(18)17-8-7-10-1-5-12(6-2-10)21(16,19)20/h1-2,5-6,11,13H,3-4,7-9,15H2,(H,17,18)(H2,16,19,20). The predicted octanol–water partition coefficient (Wildman–Crippen LogP) is 0.120. The minimum atomic E-state index is -3.65. The van der Waals surface area contributed by atoms with E-state index < -0.39 is 10.0 Å². The van der Waals surface area contributed by atoms with E-state index in [4.69, 9.17) is 10.9 Å². The fourth-order valence-electron chi connectivity index (χ4n) is 2.17. The molecule has 1 aromatic carbocycles. The molecular weight excluding hydrogens is 290 g/mol. The van der Waals surface area contributed by atoms with Crippen LogP contribution in [-0.4, -0.2) is 26.9 Å². The molecule has 5 N–H and O–H groups in total. The van der Waals surface area contributed by atoms with Crippen molar-refractivity contribution in [2.24, 2.45) is 16.8 Å². The van der Waals surface area contributed by atoms with E-state index in [1.807, 2.05) is 0 Å². The molecule has 2 rings (SSSR count). The topological polar surface area (TPSA) is 115 Å². The molecule has 1 amide bonds. The summed E-state index contributed by atoms with van der Waals surface area (Å²) >= 11 is 0. The molecule has 1 atom stereocenters. The highest BCUT2D eigenvalue weighted by Crippen LogP contribution is 2.32. The van der Waals surface area contributed by atoms with Crippen molar-refractivity contribution in [1.29, 1.82) is 0 Å². The summed E-state index contributed by atoms with van der Waals surface area (Å²) < 4.78 is 22.2. The molecule has 1 unspecified atom stereocenters. The summed E-state index contributed by atoms with van der Waals surface area (Å²) in [7, 11) is -3.65. The molecular formula is C14H21N3O3S. The summed E-state index contributed by atoms with van der Waals surface area (Å²) in [6.45, 7) is 0.505. The van der Waals surface area contributed by atoms with Crippen molar-refractivity contribution in [3.63, 3.8) is 0 Å². The van der Waals surface area contributed by atoms with Crippen LogP contribution in [0.4, 0.5) is 0 Å². The number of hydrogen-bond donors (Lipinski definition) is 3. The van der Waals surface area contributed by atoms with Gasteiger partial charge in [-0.15, -0.1) is 0 Å². The van der Waals surface area contributed by atoms with Gasteiger partial charge in [0.2, 0.25) is 15.9 Å². The second kappa shape index (κ2) is 6.55. The summed E-state index contributed by atoms with van der Waals surface area (Å²) in [5.74, 6) is 0.483. The maximum atomic E-state index is 11.7. The molecule has 1 aromatic rings. The Morgan fingerprint density at radius 2 is 1.90 bits per heavy atom. The number of sulfonamides is 1. The van der Waals surface area contributed by atoms with E-state index in [1.54, 1.807) is 12.1 Å². The first kappa shape index (κ1) is 15.9. The normalized spacial score (nSPS) is 16.5. The van der Waals surface area contributed by atoms with Crippen LogP contribution >= 0.6 is 0 Å². The van der Waals surface area contributed by atoms with Crippen molar-refractivity contribution in [2.45, 2.75) is 36.6 Å². The highest BCUT2D eigenvalue weighted by Gasteiger charge is 2.29. The zero-order valence-corrected chi connectivity index (χ0v) is 12.6. The van der Waals surface area contributed by atoms with E-state index in [-0.39, 0.29) is 16.8 Å². The van der Waals surface area contributed by atoms with Crippen molar-refractivity contribution < 1.29 is 13.2 Å². The van der Waals surface area contributed by atoms with Crippen molar-refractivity contribution in [3.8, 4) is 0 Å². The average molecular weight is 311 g/mol. The van der Waals surface area contributed by atoms with Gasteiger partial charge in [-0.05, 0) is 42.9 Å². The van der Waals surface area contributed by atoms with Crippen molar-refractivity contribution in [1.82, 2.24) is 5.32 Å². The van der Waals surface area contributed by atoms with Crippen LogP contribution in [0.3, 0.4) is 0 Å². The third-order valence-electron chi connectivity index (χ3n) is 3.64. The van der Waals surface area contributed by atoms with Gasteiger partial charge in [0.25, 0.3) is 0 Å². The smallest absolute Gasteiger partial charge is 0.238 e. The molecule has 0 saturated heterocycles. The molecule has 0 heterocycles. The highest BCUT2D eigenvalue weighted by molar-refractivity contribution is 7.89. The zero-order chi connectivity index (χ0) is 15.5. The third kappa shape index (κ3) is 5.11. The maximum Gasteiger partial charge on any atom is 0.238 e. The number of nitrogens with two attached hydrogens (primary N) is 2. The van der Waals surface area contributed by atoms with Crippen LogP contribution in [0.1, 0.15) is 24.8 Å². The Morgan fingerprint density at radius 1 is 1.29 bits per heavy atom. The minimum Gasteiger partial charge on any atom is -0.356 e. The molecule has 0 aliphatic heterocycles. The molecule has 7 heteroatoms. The lowest BCUT2D eigenvalue weighted by Gasteiger charge is -2.10. The number of primary sulfonamides is 1. The van der Waals surface area contributed by atoms with Gasteiger partial charge in [0, 0.05) is 19.0 Å². The van der Waals surface area contributed by atoms with Gasteiger partial charge in [-0.3, -0.25) is 4.79 Å². The summed E-state index contributed by atoms with van der Waals surface area (Å²) in [4.78, 5) is 11.8. The zero-order valence-electron chi connectivity index (χ0n) is 11.8. The van der Waals surface area contributed by atoms with Crippen molar-refractivity contribution in [2.75, 3.05) is 6.54 Å². The molecule has 116 valence electrons. The van der Waals surface area contributed by atoms with Gasteiger partial charge in [0.15, 0.2) is 0 Å². The Balaban J connectivity index is 1.74. The Labute approximate surface area is 124 Å². The number of nitrogens with one attached hydrogen (secondary N) is 1. The maximum absolute atomic E-state index is 11.7. The highest BCUT2D eigenvalue weighted by atomic mass is 32.2. The molecule has 0 aromatic heterocycles. The van der Waals surface area contributed by atoms with Gasteiger partial charge in [0.1, 0.15) is 0 Å². The van der Waals surface area contributed by atoms with E-state index in [9.17, 15) is 13.2 Å². The van der Waals surface area contributed by atoms with Crippen molar-refractivity contribution >= 4 is 15.9 Å². The Hall–Kier alpha value is -1.44. The molecule has 0 radical (unpaired) electrons. The van der Waals surface area contributed by atoms with Gasteiger partial charge in [-0.1, -0.05) is 12.1 Å². The number of carbonyl (C=O) groups is 1. The van der Waals surface area contributed by atoms with E-state index in [2.05, 4.69) is 5.32 Å².